The third-order valence-corrected chi connectivity index (χ3v) is 2.22. The molecule has 19 heavy (non-hydrogen) atoms. The van der Waals surface area contributed by atoms with Crippen LogP contribution in [0.25, 0.3) is 0 Å². The van der Waals surface area contributed by atoms with Crippen LogP contribution in [0, 0.1) is 0 Å². The van der Waals surface area contributed by atoms with Gasteiger partial charge in [-0.3, -0.25) is 0 Å². The van der Waals surface area contributed by atoms with Crippen molar-refractivity contribution in [3.8, 4) is 0 Å². The van der Waals surface area contributed by atoms with Gasteiger partial charge in [0.15, 0.2) is 6.04 Å². The summed E-state index contributed by atoms with van der Waals surface area (Å²) in [5.74, 6) is -1.27. The van der Waals surface area contributed by atoms with Crippen molar-refractivity contribution in [2.75, 3.05) is 40.1 Å². The standard InChI is InChI=1S/C11H22N2O6/c1-18-6-7-19-5-3-2-4-12-11(17)13-9(8-14)10(15)16/h9,14H,2-8H2,1H3,(H,15,16)(H2,12,13,17)/t9-/m1/s1. The minimum absolute atomic E-state index is 0.414. The first-order chi connectivity index (χ1) is 9.11. The number of rotatable bonds is 11. The van der Waals surface area contributed by atoms with E-state index in [9.17, 15) is 9.59 Å². The fourth-order valence-corrected chi connectivity index (χ4v) is 1.17. The van der Waals surface area contributed by atoms with E-state index in [0.29, 0.717) is 26.4 Å². The lowest BCUT2D eigenvalue weighted by atomic mass is 10.3. The zero-order valence-electron chi connectivity index (χ0n) is 11.1. The molecule has 0 saturated heterocycles. The molecule has 0 aromatic heterocycles. The van der Waals surface area contributed by atoms with Gasteiger partial charge in [0, 0.05) is 20.3 Å². The van der Waals surface area contributed by atoms with E-state index in [-0.39, 0.29) is 0 Å². The molecule has 2 amide bonds. The second-order valence-corrected chi connectivity index (χ2v) is 3.79. The molecule has 112 valence electrons. The topological polar surface area (TPSA) is 117 Å². The number of aliphatic carboxylic acids is 1. The second kappa shape index (κ2) is 11.7. The highest BCUT2D eigenvalue weighted by Crippen LogP contribution is 1.89. The Morgan fingerprint density at radius 2 is 1.95 bits per heavy atom. The number of urea groups is 1. The maximum absolute atomic E-state index is 11.2. The SMILES string of the molecule is COCCOCCCCNC(=O)N[C@H](CO)C(=O)O. The van der Waals surface area contributed by atoms with Gasteiger partial charge in [0.1, 0.15) is 0 Å². The molecule has 0 spiro atoms. The van der Waals surface area contributed by atoms with E-state index in [4.69, 9.17) is 19.7 Å². The summed E-state index contributed by atoms with van der Waals surface area (Å²) in [6, 6.07) is -1.89. The van der Waals surface area contributed by atoms with E-state index >= 15 is 0 Å². The normalized spacial score (nSPS) is 11.9. The van der Waals surface area contributed by atoms with Crippen LogP contribution in [0.2, 0.25) is 0 Å². The van der Waals surface area contributed by atoms with Crippen molar-refractivity contribution < 1.29 is 29.3 Å². The number of methoxy groups -OCH3 is 1. The predicted octanol–water partition coefficient (Wildman–Crippen LogP) is -0.826. The molecular formula is C11H22N2O6. The quantitative estimate of drug-likeness (QED) is 0.367. The predicted molar refractivity (Wildman–Crippen MR) is 67.0 cm³/mol. The van der Waals surface area contributed by atoms with Crippen LogP contribution in [0.15, 0.2) is 0 Å². The number of hydrogen-bond donors (Lipinski definition) is 4. The van der Waals surface area contributed by atoms with Gasteiger partial charge in [-0.25, -0.2) is 9.59 Å². The van der Waals surface area contributed by atoms with Crippen LogP contribution in [0.5, 0.6) is 0 Å². The first kappa shape index (κ1) is 17.6. The third kappa shape index (κ3) is 10.2. The summed E-state index contributed by atoms with van der Waals surface area (Å²) in [6.07, 6.45) is 1.50. The summed E-state index contributed by atoms with van der Waals surface area (Å²) >= 11 is 0. The average Bonchev–Trinajstić information content (AvgIpc) is 2.38. The van der Waals surface area contributed by atoms with E-state index in [1.54, 1.807) is 7.11 Å². The number of nitrogens with one attached hydrogen (secondary N) is 2. The van der Waals surface area contributed by atoms with Crippen molar-refractivity contribution in [2.24, 2.45) is 0 Å². The number of carbonyl (C=O) groups excluding carboxylic acids is 1. The molecule has 4 N–H and O–H groups in total. The molecule has 0 rings (SSSR count). The number of hydrogen-bond acceptors (Lipinski definition) is 5. The zero-order chi connectivity index (χ0) is 14.5. The van der Waals surface area contributed by atoms with Crippen molar-refractivity contribution in [1.82, 2.24) is 10.6 Å². The maximum atomic E-state index is 11.2. The summed E-state index contributed by atoms with van der Waals surface area (Å²) in [5, 5.41) is 22.0. The molecule has 0 bridgehead atoms. The Balaban J connectivity index is 3.45. The van der Waals surface area contributed by atoms with Crippen LogP contribution >= 0.6 is 0 Å². The Morgan fingerprint density at radius 3 is 2.53 bits per heavy atom. The molecule has 0 aliphatic rings. The van der Waals surface area contributed by atoms with E-state index in [0.717, 1.165) is 12.8 Å². The average molecular weight is 278 g/mol. The number of carboxylic acids is 1. The third-order valence-electron chi connectivity index (χ3n) is 2.22. The van der Waals surface area contributed by atoms with Crippen LogP contribution in [-0.2, 0) is 14.3 Å². The van der Waals surface area contributed by atoms with Crippen molar-refractivity contribution in [2.45, 2.75) is 18.9 Å². The second-order valence-electron chi connectivity index (χ2n) is 3.79. The smallest absolute Gasteiger partial charge is 0.328 e. The Kier molecular flexibility index (Phi) is 10.8. The van der Waals surface area contributed by atoms with Crippen LogP contribution < -0.4 is 10.6 Å². The van der Waals surface area contributed by atoms with Crippen LogP contribution in [0.1, 0.15) is 12.8 Å². The Hall–Kier alpha value is -1.38. The van der Waals surface area contributed by atoms with Crippen molar-refractivity contribution in [3.63, 3.8) is 0 Å². The van der Waals surface area contributed by atoms with Crippen LogP contribution in [-0.4, -0.2) is 68.3 Å². The molecule has 0 unspecified atom stereocenters. The minimum atomic E-state index is -1.28. The summed E-state index contributed by atoms with van der Waals surface area (Å²) in [7, 11) is 1.60. The molecular weight excluding hydrogens is 256 g/mol. The molecule has 1 atom stereocenters. The minimum Gasteiger partial charge on any atom is -0.480 e. The number of unbranched alkanes of at least 4 members (excludes halogenated alkanes) is 1. The maximum Gasteiger partial charge on any atom is 0.328 e. The zero-order valence-corrected chi connectivity index (χ0v) is 11.1. The van der Waals surface area contributed by atoms with E-state index in [1.807, 2.05) is 0 Å². The van der Waals surface area contributed by atoms with Crippen molar-refractivity contribution in [1.29, 1.82) is 0 Å². The highest BCUT2D eigenvalue weighted by molar-refractivity contribution is 5.82. The van der Waals surface area contributed by atoms with Gasteiger partial charge in [-0.2, -0.15) is 0 Å². The molecule has 0 aromatic carbocycles. The molecule has 0 saturated carbocycles. The van der Waals surface area contributed by atoms with E-state index < -0.39 is 24.6 Å². The monoisotopic (exact) mass is 278 g/mol. The van der Waals surface area contributed by atoms with Gasteiger partial charge in [0.25, 0.3) is 0 Å². The lowest BCUT2D eigenvalue weighted by Crippen LogP contribution is -2.48. The van der Waals surface area contributed by atoms with Crippen molar-refractivity contribution >= 4 is 12.0 Å². The summed E-state index contributed by atoms with van der Waals surface area (Å²) < 4.78 is 10.0. The van der Waals surface area contributed by atoms with Crippen molar-refractivity contribution in [3.05, 3.63) is 0 Å². The van der Waals surface area contributed by atoms with Crippen LogP contribution in [0.3, 0.4) is 0 Å². The van der Waals surface area contributed by atoms with Gasteiger partial charge in [-0.15, -0.1) is 0 Å². The number of ether oxygens (including phenoxy) is 2. The lowest BCUT2D eigenvalue weighted by Gasteiger charge is -2.12. The fourth-order valence-electron chi connectivity index (χ4n) is 1.17. The van der Waals surface area contributed by atoms with Gasteiger partial charge < -0.3 is 30.3 Å². The molecule has 0 radical (unpaired) electrons. The number of amides is 2. The Labute approximate surface area is 112 Å². The molecule has 0 aliphatic carbocycles. The van der Waals surface area contributed by atoms with E-state index in [1.165, 1.54) is 0 Å². The number of carbonyl (C=O) groups is 2. The molecule has 8 nitrogen and oxygen atoms in total. The van der Waals surface area contributed by atoms with Gasteiger partial charge in [0.05, 0.1) is 19.8 Å². The highest BCUT2D eigenvalue weighted by atomic mass is 16.5. The van der Waals surface area contributed by atoms with Crippen LogP contribution in [0.4, 0.5) is 4.79 Å². The first-order valence-electron chi connectivity index (χ1n) is 6.06. The Morgan fingerprint density at radius 1 is 1.21 bits per heavy atom. The molecule has 0 aromatic rings. The number of aliphatic hydroxyl groups excluding tert-OH is 1. The molecule has 8 heteroatoms. The molecule has 0 heterocycles. The van der Waals surface area contributed by atoms with E-state index in [2.05, 4.69) is 10.6 Å². The first-order valence-corrected chi connectivity index (χ1v) is 6.06. The fraction of sp³-hybridized carbons (Fsp3) is 0.818. The highest BCUT2D eigenvalue weighted by Gasteiger charge is 2.17. The van der Waals surface area contributed by atoms with Gasteiger partial charge >= 0.3 is 12.0 Å². The summed E-state index contributed by atoms with van der Waals surface area (Å²) in [4.78, 5) is 21.8. The molecule has 0 aliphatic heterocycles. The Bertz CT molecular complexity index is 262. The lowest BCUT2D eigenvalue weighted by molar-refractivity contribution is -0.140. The summed E-state index contributed by atoms with van der Waals surface area (Å²) in [6.45, 7) is 1.45. The van der Waals surface area contributed by atoms with Gasteiger partial charge in [0.2, 0.25) is 0 Å². The largest absolute Gasteiger partial charge is 0.480 e. The summed E-state index contributed by atoms with van der Waals surface area (Å²) in [5.41, 5.74) is 0. The number of carboxylic acid groups (broad SMARTS) is 1. The van der Waals surface area contributed by atoms with Gasteiger partial charge in [-0.05, 0) is 12.8 Å². The number of aliphatic hydroxyl groups is 1. The van der Waals surface area contributed by atoms with Gasteiger partial charge in [-0.1, -0.05) is 0 Å². The molecule has 0 fully saturated rings.